The summed E-state index contributed by atoms with van der Waals surface area (Å²) in [7, 11) is 0. The van der Waals surface area contributed by atoms with Crippen LogP contribution in [0.2, 0.25) is 0 Å². The molecule has 0 aromatic rings. The highest BCUT2D eigenvalue weighted by Gasteiger charge is 2.42. The zero-order chi connectivity index (χ0) is 11.6. The van der Waals surface area contributed by atoms with E-state index >= 15 is 0 Å². The van der Waals surface area contributed by atoms with E-state index in [2.05, 4.69) is 24.1 Å². The normalized spacial score (nSPS) is 30.6. The smallest absolute Gasteiger partial charge is 0.102 e. The number of nitrogens with zero attached hydrogens (tertiary/aromatic N) is 1. The lowest BCUT2D eigenvalue weighted by molar-refractivity contribution is 0.0229. The van der Waals surface area contributed by atoms with Crippen LogP contribution in [0.1, 0.15) is 39.5 Å². The van der Waals surface area contributed by atoms with Gasteiger partial charge in [0.2, 0.25) is 0 Å². The zero-order valence-electron chi connectivity index (χ0n) is 10.6. The molecule has 1 unspecified atom stereocenters. The number of halogens is 1. The fraction of sp³-hybridized carbons (Fsp3) is 1.00. The molecule has 16 heavy (non-hydrogen) atoms. The molecule has 0 aromatic heterocycles. The van der Waals surface area contributed by atoms with Crippen molar-refractivity contribution < 1.29 is 4.39 Å². The highest BCUT2D eigenvalue weighted by Crippen LogP contribution is 2.37. The first kappa shape index (κ1) is 12.3. The Hall–Kier alpha value is -0.150. The van der Waals surface area contributed by atoms with Gasteiger partial charge in [0, 0.05) is 31.2 Å². The van der Waals surface area contributed by atoms with Crippen molar-refractivity contribution in [3.8, 4) is 0 Å². The van der Waals surface area contributed by atoms with E-state index in [1.165, 1.54) is 12.8 Å². The third-order valence-electron chi connectivity index (χ3n) is 4.64. The Balaban J connectivity index is 2.02. The summed E-state index contributed by atoms with van der Waals surface area (Å²) < 4.78 is 12.7. The second-order valence-electron chi connectivity index (χ2n) is 5.39. The fourth-order valence-electron chi connectivity index (χ4n) is 3.12. The number of hydrogen-bond donors (Lipinski definition) is 1. The lowest BCUT2D eigenvalue weighted by atomic mass is 9.86. The van der Waals surface area contributed by atoms with Crippen LogP contribution in [0.4, 0.5) is 4.39 Å². The molecule has 2 fully saturated rings. The third kappa shape index (κ3) is 2.25. The largest absolute Gasteiger partial charge is 0.311 e. The summed E-state index contributed by atoms with van der Waals surface area (Å²) >= 11 is 0. The Morgan fingerprint density at radius 3 is 2.50 bits per heavy atom. The van der Waals surface area contributed by atoms with Crippen LogP contribution in [-0.2, 0) is 0 Å². The van der Waals surface area contributed by atoms with Crippen LogP contribution in [0, 0.1) is 5.92 Å². The molecule has 1 saturated carbocycles. The van der Waals surface area contributed by atoms with Gasteiger partial charge in [-0.2, -0.15) is 0 Å². The molecule has 0 spiro atoms. The number of alkyl halides is 1. The lowest BCUT2D eigenvalue weighted by Gasteiger charge is -2.49. The van der Waals surface area contributed by atoms with Gasteiger partial charge in [-0.3, -0.25) is 4.90 Å². The maximum atomic E-state index is 12.7. The standard InChI is InChI=1S/C13H25FN2/c1-3-13(4-2)10-15-12(11-5-6-11)9-16(13)8-7-14/h11-12,15H,3-10H2,1-2H3. The Bertz CT molecular complexity index is 224. The van der Waals surface area contributed by atoms with Crippen molar-refractivity contribution >= 4 is 0 Å². The van der Waals surface area contributed by atoms with Gasteiger partial charge >= 0.3 is 0 Å². The molecule has 3 heteroatoms. The summed E-state index contributed by atoms with van der Waals surface area (Å²) in [6, 6.07) is 0.623. The summed E-state index contributed by atoms with van der Waals surface area (Å²) in [5, 5.41) is 3.70. The van der Waals surface area contributed by atoms with Crippen LogP contribution in [0.5, 0.6) is 0 Å². The maximum Gasteiger partial charge on any atom is 0.102 e. The first-order chi connectivity index (χ1) is 7.75. The van der Waals surface area contributed by atoms with Crippen molar-refractivity contribution in [2.45, 2.75) is 51.1 Å². The molecule has 0 aromatic carbocycles. The summed E-state index contributed by atoms with van der Waals surface area (Å²) in [5.74, 6) is 0.869. The summed E-state index contributed by atoms with van der Waals surface area (Å²) in [4.78, 5) is 2.41. The third-order valence-corrected chi connectivity index (χ3v) is 4.64. The first-order valence-electron chi connectivity index (χ1n) is 6.80. The molecule has 0 amide bonds. The molecule has 2 nitrogen and oxygen atoms in total. The van der Waals surface area contributed by atoms with Gasteiger partial charge in [0.15, 0.2) is 0 Å². The summed E-state index contributed by atoms with van der Waals surface area (Å²) in [5.41, 5.74) is 0.206. The quantitative estimate of drug-likeness (QED) is 0.776. The maximum absolute atomic E-state index is 12.7. The number of rotatable bonds is 5. The molecule has 1 N–H and O–H groups in total. The van der Waals surface area contributed by atoms with Crippen LogP contribution in [0.25, 0.3) is 0 Å². The lowest BCUT2D eigenvalue weighted by Crippen LogP contribution is -2.65. The molecule has 1 saturated heterocycles. The predicted molar refractivity (Wildman–Crippen MR) is 65.4 cm³/mol. The number of nitrogens with one attached hydrogen (secondary N) is 1. The van der Waals surface area contributed by atoms with E-state index in [4.69, 9.17) is 0 Å². The number of piperazine rings is 1. The molecule has 0 bridgehead atoms. The van der Waals surface area contributed by atoms with Gasteiger partial charge in [0.25, 0.3) is 0 Å². The van der Waals surface area contributed by atoms with E-state index < -0.39 is 0 Å². The average Bonchev–Trinajstić information content (AvgIpc) is 3.14. The Kier molecular flexibility index (Phi) is 3.85. The minimum Gasteiger partial charge on any atom is -0.311 e. The molecule has 2 aliphatic rings. The van der Waals surface area contributed by atoms with Gasteiger partial charge in [0.1, 0.15) is 6.67 Å². The summed E-state index contributed by atoms with van der Waals surface area (Å²) in [6.45, 7) is 6.96. The van der Waals surface area contributed by atoms with E-state index in [9.17, 15) is 4.39 Å². The molecule has 1 aliphatic heterocycles. The predicted octanol–water partition coefficient (Wildman–Crippen LogP) is 2.20. The second-order valence-corrected chi connectivity index (χ2v) is 5.39. The van der Waals surface area contributed by atoms with E-state index in [1.807, 2.05) is 0 Å². The molecular weight excluding hydrogens is 203 g/mol. The number of hydrogen-bond acceptors (Lipinski definition) is 2. The van der Waals surface area contributed by atoms with Gasteiger partial charge in [0.05, 0.1) is 0 Å². The van der Waals surface area contributed by atoms with Crippen LogP contribution in [0.15, 0.2) is 0 Å². The van der Waals surface area contributed by atoms with Crippen molar-refractivity contribution in [1.29, 1.82) is 0 Å². The Morgan fingerprint density at radius 1 is 1.31 bits per heavy atom. The van der Waals surface area contributed by atoms with E-state index in [0.29, 0.717) is 12.6 Å². The van der Waals surface area contributed by atoms with Crippen LogP contribution in [0.3, 0.4) is 0 Å². The van der Waals surface area contributed by atoms with Crippen LogP contribution in [-0.4, -0.2) is 42.8 Å². The van der Waals surface area contributed by atoms with Crippen molar-refractivity contribution in [2.75, 3.05) is 26.3 Å². The molecular formula is C13H25FN2. The van der Waals surface area contributed by atoms with Gasteiger partial charge < -0.3 is 5.32 Å². The Morgan fingerprint density at radius 2 is 2.00 bits per heavy atom. The van der Waals surface area contributed by atoms with Gasteiger partial charge in [-0.25, -0.2) is 4.39 Å². The highest BCUT2D eigenvalue weighted by atomic mass is 19.1. The van der Waals surface area contributed by atoms with E-state index in [-0.39, 0.29) is 12.2 Å². The topological polar surface area (TPSA) is 15.3 Å². The van der Waals surface area contributed by atoms with E-state index in [1.54, 1.807) is 0 Å². The molecule has 0 radical (unpaired) electrons. The van der Waals surface area contributed by atoms with Gasteiger partial charge in [-0.15, -0.1) is 0 Å². The van der Waals surface area contributed by atoms with Gasteiger partial charge in [-0.05, 0) is 31.6 Å². The van der Waals surface area contributed by atoms with Crippen molar-refractivity contribution in [1.82, 2.24) is 10.2 Å². The second kappa shape index (κ2) is 5.01. The SMILES string of the molecule is CCC1(CC)CNC(C2CC2)CN1CCF. The molecule has 94 valence electrons. The highest BCUT2D eigenvalue weighted by molar-refractivity contribution is 5.01. The van der Waals surface area contributed by atoms with Crippen molar-refractivity contribution in [3.63, 3.8) is 0 Å². The molecule has 1 heterocycles. The van der Waals surface area contributed by atoms with Crippen molar-refractivity contribution in [3.05, 3.63) is 0 Å². The fourth-order valence-corrected chi connectivity index (χ4v) is 3.12. The van der Waals surface area contributed by atoms with Crippen LogP contribution < -0.4 is 5.32 Å². The van der Waals surface area contributed by atoms with Crippen molar-refractivity contribution in [2.24, 2.45) is 5.92 Å². The van der Waals surface area contributed by atoms with Gasteiger partial charge in [-0.1, -0.05) is 13.8 Å². The summed E-state index contributed by atoms with van der Waals surface area (Å²) in [6.07, 6.45) is 4.97. The monoisotopic (exact) mass is 228 g/mol. The zero-order valence-corrected chi connectivity index (χ0v) is 10.6. The Labute approximate surface area is 98.6 Å². The molecule has 1 atom stereocenters. The minimum absolute atomic E-state index is 0.206. The van der Waals surface area contributed by atoms with E-state index in [0.717, 1.165) is 31.8 Å². The first-order valence-corrected chi connectivity index (χ1v) is 6.80. The minimum atomic E-state index is -0.209. The molecule has 1 aliphatic carbocycles. The average molecular weight is 228 g/mol. The van der Waals surface area contributed by atoms with Crippen LogP contribution >= 0.6 is 0 Å². The molecule has 2 rings (SSSR count).